The molecule has 1 aromatic rings. The van der Waals surface area contributed by atoms with E-state index in [0.29, 0.717) is 0 Å². The largest absolute Gasteiger partial charge is 2.00 e. The Balaban J connectivity index is -0.0000000900. The molecule has 0 aliphatic carbocycles. The van der Waals surface area contributed by atoms with E-state index in [1.54, 1.807) is 0 Å². The SMILES string of the molecule is C[CH-]C.O.[Mn+2].c1cc[cH-]c1. The van der Waals surface area contributed by atoms with Crippen LogP contribution in [0.4, 0.5) is 0 Å². The molecule has 1 aromatic carbocycles. The first-order valence-corrected chi connectivity index (χ1v) is 2.82. The molecule has 0 fully saturated rings. The second-order valence-electron chi connectivity index (χ2n) is 1.54. The molecule has 59 valence electrons. The predicted molar refractivity (Wildman–Crippen MR) is 41.3 cm³/mol. The van der Waals surface area contributed by atoms with Gasteiger partial charge in [-0.1, -0.05) is 0 Å². The Hall–Kier alpha value is -0.171. The maximum Gasteiger partial charge on any atom is 2.00 e. The molecular formula is C8H14MnO. The van der Waals surface area contributed by atoms with E-state index < -0.39 is 0 Å². The van der Waals surface area contributed by atoms with Crippen molar-refractivity contribution >= 4 is 0 Å². The van der Waals surface area contributed by atoms with Crippen molar-refractivity contribution in [2.45, 2.75) is 13.8 Å². The van der Waals surface area contributed by atoms with Crippen molar-refractivity contribution < 1.29 is 22.5 Å². The van der Waals surface area contributed by atoms with Crippen LogP contribution in [0.3, 0.4) is 0 Å². The van der Waals surface area contributed by atoms with Crippen molar-refractivity contribution in [3.8, 4) is 0 Å². The fraction of sp³-hybridized carbons (Fsp3) is 0.250. The molecule has 0 saturated carbocycles. The molecule has 2 N–H and O–H groups in total. The van der Waals surface area contributed by atoms with Gasteiger partial charge in [0.05, 0.1) is 0 Å². The molecule has 1 rings (SSSR count). The fourth-order valence-electron chi connectivity index (χ4n) is 0.321. The van der Waals surface area contributed by atoms with Gasteiger partial charge in [-0.15, -0.1) is 0 Å². The summed E-state index contributed by atoms with van der Waals surface area (Å²) in [7, 11) is 0. The van der Waals surface area contributed by atoms with Crippen LogP contribution >= 0.6 is 0 Å². The van der Waals surface area contributed by atoms with Gasteiger partial charge < -0.3 is 11.9 Å². The van der Waals surface area contributed by atoms with Crippen LogP contribution in [0.5, 0.6) is 0 Å². The Bertz CT molecular complexity index is 76.2. The van der Waals surface area contributed by atoms with E-state index in [1.165, 1.54) is 0 Å². The predicted octanol–water partition coefficient (Wildman–Crippen LogP) is 1.81. The average Bonchev–Trinajstić information content (AvgIpc) is 2.17. The van der Waals surface area contributed by atoms with Gasteiger partial charge in [0.1, 0.15) is 0 Å². The quantitative estimate of drug-likeness (QED) is 0.432. The summed E-state index contributed by atoms with van der Waals surface area (Å²) >= 11 is 0. The zero-order valence-electron chi connectivity index (χ0n) is 6.34. The maximum absolute atomic E-state index is 2.00. The first-order chi connectivity index (χ1) is 3.91. The van der Waals surface area contributed by atoms with Gasteiger partial charge in [-0.2, -0.15) is 32.0 Å². The van der Waals surface area contributed by atoms with E-state index in [4.69, 9.17) is 0 Å². The molecule has 0 aromatic heterocycles. The smallest absolute Gasteiger partial charge is 0.412 e. The number of hydrogen-bond acceptors (Lipinski definition) is 0. The van der Waals surface area contributed by atoms with Crippen LogP contribution in [0.15, 0.2) is 30.3 Å². The zero-order valence-corrected chi connectivity index (χ0v) is 7.52. The Morgan fingerprint density at radius 1 is 1.10 bits per heavy atom. The van der Waals surface area contributed by atoms with E-state index >= 15 is 0 Å². The Labute approximate surface area is 73.6 Å². The summed E-state index contributed by atoms with van der Waals surface area (Å²) < 4.78 is 0. The third-order valence-electron chi connectivity index (χ3n) is 0.556. The molecule has 1 nitrogen and oxygen atoms in total. The van der Waals surface area contributed by atoms with Gasteiger partial charge in [0.25, 0.3) is 0 Å². The Kier molecular flexibility index (Phi) is 26.2. The van der Waals surface area contributed by atoms with E-state index in [-0.39, 0.29) is 22.5 Å². The average molecular weight is 181 g/mol. The second kappa shape index (κ2) is 15.9. The van der Waals surface area contributed by atoms with Crippen LogP contribution < -0.4 is 0 Å². The topological polar surface area (TPSA) is 31.5 Å². The van der Waals surface area contributed by atoms with Gasteiger partial charge in [-0.05, 0) is 0 Å². The van der Waals surface area contributed by atoms with Crippen LogP contribution in [0.2, 0.25) is 0 Å². The molecule has 10 heavy (non-hydrogen) atoms. The van der Waals surface area contributed by atoms with Crippen molar-refractivity contribution in [2.24, 2.45) is 0 Å². The van der Waals surface area contributed by atoms with Gasteiger partial charge in [0, 0.05) is 0 Å². The van der Waals surface area contributed by atoms with E-state index in [0.717, 1.165) is 0 Å². The van der Waals surface area contributed by atoms with Crippen LogP contribution in [-0.4, -0.2) is 5.48 Å². The van der Waals surface area contributed by atoms with Crippen molar-refractivity contribution in [1.82, 2.24) is 0 Å². The Morgan fingerprint density at radius 2 is 1.40 bits per heavy atom. The summed E-state index contributed by atoms with van der Waals surface area (Å²) in [5, 5.41) is 0. The van der Waals surface area contributed by atoms with Crippen molar-refractivity contribution in [3.63, 3.8) is 0 Å². The summed E-state index contributed by atoms with van der Waals surface area (Å²) in [5.74, 6) is 0. The molecule has 0 spiro atoms. The summed E-state index contributed by atoms with van der Waals surface area (Å²) in [6.07, 6.45) is 2.00. The molecule has 0 heterocycles. The summed E-state index contributed by atoms with van der Waals surface area (Å²) in [6.45, 7) is 4.00. The molecule has 0 amide bonds. The van der Waals surface area contributed by atoms with Gasteiger partial charge >= 0.3 is 17.1 Å². The molecule has 2 heteroatoms. The molecule has 0 unspecified atom stereocenters. The number of rotatable bonds is 0. The summed E-state index contributed by atoms with van der Waals surface area (Å²) in [5.41, 5.74) is 0. The first kappa shape index (κ1) is 16.4. The van der Waals surface area contributed by atoms with Gasteiger partial charge in [-0.25, -0.2) is 12.1 Å². The molecule has 0 aliphatic heterocycles. The molecule has 0 bridgehead atoms. The van der Waals surface area contributed by atoms with Crippen molar-refractivity contribution in [2.75, 3.05) is 0 Å². The van der Waals surface area contributed by atoms with Crippen LogP contribution in [0.1, 0.15) is 13.8 Å². The van der Waals surface area contributed by atoms with Crippen LogP contribution in [0.25, 0.3) is 0 Å². The second-order valence-corrected chi connectivity index (χ2v) is 1.54. The molecule has 0 saturated heterocycles. The zero-order chi connectivity index (χ0) is 6.24. The molecular weight excluding hydrogens is 167 g/mol. The van der Waals surface area contributed by atoms with E-state index in [9.17, 15) is 0 Å². The molecule has 0 atom stereocenters. The minimum absolute atomic E-state index is 0. The first-order valence-electron chi connectivity index (χ1n) is 2.82. The summed E-state index contributed by atoms with van der Waals surface area (Å²) in [6, 6.07) is 10.0. The number of hydrogen-bond donors (Lipinski definition) is 0. The van der Waals surface area contributed by atoms with E-state index in [1.807, 2.05) is 50.6 Å². The standard InChI is InChI=1S/C5H5.C3H7.Mn.H2O/c1-2-4-5-3-1;1-3-2;;/h1-5H;3H,1-2H3;;1H2/q2*-1;+2;. The minimum Gasteiger partial charge on any atom is -0.412 e. The minimum atomic E-state index is 0. The Morgan fingerprint density at radius 3 is 1.50 bits per heavy atom. The van der Waals surface area contributed by atoms with Gasteiger partial charge in [0.15, 0.2) is 0 Å². The molecule has 1 radical (unpaired) electrons. The van der Waals surface area contributed by atoms with Gasteiger partial charge in [0.2, 0.25) is 0 Å². The van der Waals surface area contributed by atoms with Gasteiger partial charge in [-0.3, -0.25) is 0 Å². The summed E-state index contributed by atoms with van der Waals surface area (Å²) in [4.78, 5) is 0. The van der Waals surface area contributed by atoms with Crippen LogP contribution in [-0.2, 0) is 17.1 Å². The normalized spacial score (nSPS) is 5.80. The third-order valence-corrected chi connectivity index (χ3v) is 0.556. The van der Waals surface area contributed by atoms with Crippen molar-refractivity contribution in [1.29, 1.82) is 0 Å². The van der Waals surface area contributed by atoms with Crippen LogP contribution in [0, 0.1) is 6.42 Å². The molecule has 0 aliphatic rings. The fourth-order valence-corrected chi connectivity index (χ4v) is 0.321. The van der Waals surface area contributed by atoms with Crippen molar-refractivity contribution in [3.05, 3.63) is 36.8 Å². The maximum atomic E-state index is 2.00. The van der Waals surface area contributed by atoms with E-state index in [2.05, 4.69) is 0 Å². The third kappa shape index (κ3) is 15.7. The monoisotopic (exact) mass is 181 g/mol.